The van der Waals surface area contributed by atoms with Gasteiger partial charge in [-0.3, -0.25) is 9.78 Å². The molecule has 0 radical (unpaired) electrons. The van der Waals surface area contributed by atoms with Gasteiger partial charge in [0.2, 0.25) is 0 Å². The second-order valence-corrected chi connectivity index (χ2v) is 6.46. The molecule has 3 nitrogen and oxygen atoms in total. The Bertz CT molecular complexity index is 824. The maximum Gasteiger partial charge on any atom is 0.185 e. The number of nitrogens with zero attached hydrogens (tertiary/aromatic N) is 2. The van der Waals surface area contributed by atoms with E-state index in [4.69, 9.17) is 0 Å². The first-order valence-electron chi connectivity index (χ1n) is 6.99. The zero-order valence-corrected chi connectivity index (χ0v) is 14.1. The summed E-state index contributed by atoms with van der Waals surface area (Å²) in [5, 5.41) is 2.77. The molecule has 0 unspecified atom stereocenters. The number of carbonyl (C=O) groups is 1. The van der Waals surface area contributed by atoms with Gasteiger partial charge in [0.25, 0.3) is 0 Å². The van der Waals surface area contributed by atoms with E-state index in [1.54, 1.807) is 30.1 Å². The number of allylic oxidation sites excluding steroid dienone is 1. The number of ketones is 1. The van der Waals surface area contributed by atoms with Crippen LogP contribution < -0.4 is 0 Å². The Morgan fingerprint density at radius 2 is 2.00 bits per heavy atom. The molecule has 1 aromatic carbocycles. The molecule has 5 heteroatoms. The summed E-state index contributed by atoms with van der Waals surface area (Å²) < 4.78 is 0. The van der Waals surface area contributed by atoms with E-state index < -0.39 is 0 Å². The van der Waals surface area contributed by atoms with Gasteiger partial charge >= 0.3 is 0 Å². The molecule has 0 N–H and O–H groups in total. The number of thioether (sulfide) groups is 1. The van der Waals surface area contributed by atoms with Crippen LogP contribution in [0.2, 0.25) is 0 Å². The number of thiazole rings is 1. The van der Waals surface area contributed by atoms with Crippen LogP contribution in [0.25, 0.3) is 16.8 Å². The molecule has 0 bridgehead atoms. The lowest BCUT2D eigenvalue weighted by Crippen LogP contribution is -1.93. The lowest BCUT2D eigenvalue weighted by atomic mass is 10.1. The number of aromatic nitrogens is 2. The summed E-state index contributed by atoms with van der Waals surface area (Å²) in [6, 6.07) is 13.3. The molecule has 0 aliphatic rings. The molecule has 0 saturated carbocycles. The van der Waals surface area contributed by atoms with Crippen molar-refractivity contribution in [3.8, 4) is 10.7 Å². The second kappa shape index (κ2) is 7.35. The molecule has 0 fully saturated rings. The number of hydrogen-bond donors (Lipinski definition) is 0. The third kappa shape index (κ3) is 3.94. The van der Waals surface area contributed by atoms with Crippen molar-refractivity contribution in [2.45, 2.75) is 4.90 Å². The van der Waals surface area contributed by atoms with Crippen LogP contribution in [0.15, 0.2) is 65.0 Å². The minimum absolute atomic E-state index is 0.0231. The normalized spacial score (nSPS) is 11.0. The molecule has 2 heterocycles. The number of rotatable bonds is 5. The van der Waals surface area contributed by atoms with Crippen LogP contribution in [0.5, 0.6) is 0 Å². The predicted molar refractivity (Wildman–Crippen MR) is 96.9 cm³/mol. The van der Waals surface area contributed by atoms with E-state index in [1.807, 2.05) is 54.1 Å². The van der Waals surface area contributed by atoms with E-state index in [1.165, 1.54) is 11.3 Å². The molecule has 114 valence electrons. The van der Waals surface area contributed by atoms with Crippen molar-refractivity contribution in [3.05, 3.63) is 71.4 Å². The Morgan fingerprint density at radius 1 is 1.17 bits per heavy atom. The molecule has 23 heavy (non-hydrogen) atoms. The maximum atomic E-state index is 12.2. The van der Waals surface area contributed by atoms with Gasteiger partial charge in [0.05, 0.1) is 11.4 Å². The van der Waals surface area contributed by atoms with Gasteiger partial charge in [-0.15, -0.1) is 23.1 Å². The minimum Gasteiger partial charge on any atom is -0.289 e. The SMILES string of the molecule is CSc1ccc(C(=O)C=Cc2csc(-c3ccccn3)n2)cc1. The fourth-order valence-corrected chi connectivity index (χ4v) is 3.15. The smallest absolute Gasteiger partial charge is 0.185 e. The fraction of sp³-hybridized carbons (Fsp3) is 0.0556. The quantitative estimate of drug-likeness (QED) is 0.380. The molecular formula is C18H14N2OS2. The van der Waals surface area contributed by atoms with Crippen molar-refractivity contribution in [1.82, 2.24) is 9.97 Å². The fourth-order valence-electron chi connectivity index (χ4n) is 1.98. The Labute approximate surface area is 143 Å². The van der Waals surface area contributed by atoms with Crippen molar-refractivity contribution < 1.29 is 4.79 Å². The largest absolute Gasteiger partial charge is 0.289 e. The van der Waals surface area contributed by atoms with Crippen molar-refractivity contribution in [1.29, 1.82) is 0 Å². The van der Waals surface area contributed by atoms with Crippen molar-refractivity contribution in [3.63, 3.8) is 0 Å². The van der Waals surface area contributed by atoms with E-state index in [0.29, 0.717) is 5.56 Å². The van der Waals surface area contributed by atoms with Crippen LogP contribution in [0.3, 0.4) is 0 Å². The van der Waals surface area contributed by atoms with Gasteiger partial charge in [-0.05, 0) is 54.8 Å². The van der Waals surface area contributed by atoms with E-state index in [0.717, 1.165) is 21.3 Å². The molecule has 0 aliphatic heterocycles. The third-order valence-corrected chi connectivity index (χ3v) is 4.81. The van der Waals surface area contributed by atoms with Gasteiger partial charge in [0.1, 0.15) is 5.01 Å². The topological polar surface area (TPSA) is 42.9 Å². The van der Waals surface area contributed by atoms with Crippen LogP contribution in [-0.4, -0.2) is 22.0 Å². The molecule has 0 aliphatic carbocycles. The first kappa shape index (κ1) is 15.6. The van der Waals surface area contributed by atoms with E-state index in [2.05, 4.69) is 9.97 Å². The highest BCUT2D eigenvalue weighted by Crippen LogP contribution is 2.22. The van der Waals surface area contributed by atoms with E-state index in [9.17, 15) is 4.79 Å². The summed E-state index contributed by atoms with van der Waals surface area (Å²) in [6.45, 7) is 0. The first-order valence-corrected chi connectivity index (χ1v) is 9.10. The summed E-state index contributed by atoms with van der Waals surface area (Å²) >= 11 is 3.17. The molecule has 3 aromatic rings. The molecule has 0 amide bonds. The van der Waals surface area contributed by atoms with Crippen molar-refractivity contribution in [2.24, 2.45) is 0 Å². The van der Waals surface area contributed by atoms with Crippen molar-refractivity contribution >= 4 is 35.0 Å². The summed E-state index contributed by atoms with van der Waals surface area (Å²) in [5.41, 5.74) is 2.29. The number of hydrogen-bond acceptors (Lipinski definition) is 5. The standard InChI is InChI=1S/C18H14N2OS2/c1-22-15-8-5-13(6-9-15)17(21)10-7-14-12-23-18(20-14)16-4-2-3-11-19-16/h2-12H,1H3. The molecule has 0 spiro atoms. The maximum absolute atomic E-state index is 12.2. The Kier molecular flexibility index (Phi) is 5.00. The van der Waals surface area contributed by atoms with Crippen LogP contribution >= 0.6 is 23.1 Å². The molecule has 2 aromatic heterocycles. The Morgan fingerprint density at radius 3 is 2.70 bits per heavy atom. The first-order chi connectivity index (χ1) is 11.3. The Hall–Kier alpha value is -2.24. The predicted octanol–water partition coefficient (Wildman–Crippen LogP) is 4.82. The lowest BCUT2D eigenvalue weighted by Gasteiger charge is -1.98. The summed E-state index contributed by atoms with van der Waals surface area (Å²) in [5.74, 6) is -0.0231. The lowest BCUT2D eigenvalue weighted by molar-refractivity contribution is 0.104. The van der Waals surface area contributed by atoms with Gasteiger partial charge in [0.15, 0.2) is 5.78 Å². The van der Waals surface area contributed by atoms with Gasteiger partial charge in [-0.25, -0.2) is 4.98 Å². The molecular weight excluding hydrogens is 324 g/mol. The molecule has 0 saturated heterocycles. The monoisotopic (exact) mass is 338 g/mol. The highest BCUT2D eigenvalue weighted by Gasteiger charge is 2.05. The number of pyridine rings is 1. The van der Waals surface area contributed by atoms with E-state index >= 15 is 0 Å². The van der Waals surface area contributed by atoms with Gasteiger partial charge in [0, 0.05) is 22.0 Å². The average molecular weight is 338 g/mol. The van der Waals surface area contributed by atoms with E-state index in [-0.39, 0.29) is 5.78 Å². The van der Waals surface area contributed by atoms with Crippen LogP contribution in [0.4, 0.5) is 0 Å². The second-order valence-electron chi connectivity index (χ2n) is 4.72. The summed E-state index contributed by atoms with van der Waals surface area (Å²) in [6.07, 6.45) is 7.06. The average Bonchev–Trinajstić information content (AvgIpc) is 3.09. The van der Waals surface area contributed by atoms with Crippen LogP contribution in [0.1, 0.15) is 16.1 Å². The summed E-state index contributed by atoms with van der Waals surface area (Å²) in [7, 11) is 0. The highest BCUT2D eigenvalue weighted by molar-refractivity contribution is 7.98. The van der Waals surface area contributed by atoms with Crippen molar-refractivity contribution in [2.75, 3.05) is 6.26 Å². The number of carbonyl (C=O) groups excluding carboxylic acids is 1. The van der Waals surface area contributed by atoms with Gasteiger partial charge in [-0.1, -0.05) is 6.07 Å². The number of benzene rings is 1. The Balaban J connectivity index is 1.72. The highest BCUT2D eigenvalue weighted by atomic mass is 32.2. The van der Waals surface area contributed by atoms with Gasteiger partial charge in [-0.2, -0.15) is 0 Å². The third-order valence-electron chi connectivity index (χ3n) is 3.19. The zero-order chi connectivity index (χ0) is 16.1. The molecule has 0 atom stereocenters. The minimum atomic E-state index is -0.0231. The van der Waals surface area contributed by atoms with Gasteiger partial charge < -0.3 is 0 Å². The summed E-state index contributed by atoms with van der Waals surface area (Å²) in [4.78, 5) is 22.1. The van der Waals surface area contributed by atoms with Crippen LogP contribution in [0, 0.1) is 0 Å². The zero-order valence-electron chi connectivity index (χ0n) is 12.5. The van der Waals surface area contributed by atoms with Crippen LogP contribution in [-0.2, 0) is 0 Å². The molecule has 3 rings (SSSR count).